The van der Waals surface area contributed by atoms with E-state index >= 15 is 0 Å². The summed E-state index contributed by atoms with van der Waals surface area (Å²) in [5, 5.41) is 11.6. The third-order valence-electron chi connectivity index (χ3n) is 2.55. The van der Waals surface area contributed by atoms with Gasteiger partial charge in [0.15, 0.2) is 5.92 Å². The lowest BCUT2D eigenvalue weighted by Crippen LogP contribution is -2.33. The van der Waals surface area contributed by atoms with Crippen molar-refractivity contribution in [1.29, 1.82) is 5.26 Å². The van der Waals surface area contributed by atoms with Crippen molar-refractivity contribution in [1.82, 2.24) is 5.32 Å². The molecule has 0 aliphatic rings. The smallest absolute Gasteiger partial charge is 0.308 e. The molecule has 0 saturated heterocycles. The van der Waals surface area contributed by atoms with Gasteiger partial charge in [0.25, 0.3) is 0 Å². The first-order valence-corrected chi connectivity index (χ1v) is 5.68. The summed E-state index contributed by atoms with van der Waals surface area (Å²) in [6.45, 7) is 1.25. The minimum Gasteiger partial charge on any atom is -0.308 e. The lowest BCUT2D eigenvalue weighted by Gasteiger charge is -2.19. The Morgan fingerprint density at radius 2 is 2.00 bits per heavy atom. The lowest BCUT2D eigenvalue weighted by molar-refractivity contribution is -0.157. The molecule has 2 nitrogen and oxygen atoms in total. The monoisotopic (exact) mass is 276 g/mol. The summed E-state index contributed by atoms with van der Waals surface area (Å²) in [6.07, 6.45) is -4.51. The van der Waals surface area contributed by atoms with Crippen LogP contribution in [0, 0.1) is 17.2 Å². The Kier molecular flexibility index (Phi) is 5.00. The number of nitrogens with zero attached hydrogens (tertiary/aromatic N) is 1. The van der Waals surface area contributed by atoms with E-state index in [4.69, 9.17) is 16.9 Å². The average molecular weight is 277 g/mol. The van der Waals surface area contributed by atoms with Gasteiger partial charge in [0, 0.05) is 17.6 Å². The van der Waals surface area contributed by atoms with Gasteiger partial charge in [-0.3, -0.25) is 0 Å². The Labute approximate surface area is 108 Å². The zero-order valence-corrected chi connectivity index (χ0v) is 10.4. The number of hydrogen-bond acceptors (Lipinski definition) is 2. The fourth-order valence-corrected chi connectivity index (χ4v) is 1.76. The molecule has 1 aromatic rings. The molecule has 1 aromatic carbocycles. The number of halogens is 4. The van der Waals surface area contributed by atoms with Gasteiger partial charge in [0.1, 0.15) is 0 Å². The number of nitriles is 1. The van der Waals surface area contributed by atoms with Crippen molar-refractivity contribution in [3.63, 3.8) is 0 Å². The fourth-order valence-electron chi connectivity index (χ4n) is 1.47. The molecule has 2 atom stereocenters. The Morgan fingerprint density at radius 1 is 1.39 bits per heavy atom. The summed E-state index contributed by atoms with van der Waals surface area (Å²) < 4.78 is 37.1. The summed E-state index contributed by atoms with van der Waals surface area (Å²) in [5.41, 5.74) is 0.707. The van der Waals surface area contributed by atoms with E-state index in [9.17, 15) is 13.2 Å². The maximum absolute atomic E-state index is 12.4. The minimum absolute atomic E-state index is 0.350. The van der Waals surface area contributed by atoms with E-state index in [1.807, 2.05) is 0 Å². The lowest BCUT2D eigenvalue weighted by atomic mass is 10.1. The highest BCUT2D eigenvalue weighted by Gasteiger charge is 2.39. The van der Waals surface area contributed by atoms with Gasteiger partial charge in [-0.25, -0.2) is 0 Å². The van der Waals surface area contributed by atoms with Crippen LogP contribution >= 0.6 is 11.6 Å². The van der Waals surface area contributed by atoms with Gasteiger partial charge in [0.2, 0.25) is 0 Å². The largest absolute Gasteiger partial charge is 0.405 e. The highest BCUT2D eigenvalue weighted by molar-refractivity contribution is 6.31. The standard InChI is InChI=1S/C12H12ClF3N2/c1-8(10-4-2-3-5-11(10)13)18-7-9(6-17)12(14,15)16/h2-5,8-9,18H,7H2,1H3/t8-,9?/m1/s1. The van der Waals surface area contributed by atoms with Gasteiger partial charge in [-0.05, 0) is 18.6 Å². The van der Waals surface area contributed by atoms with Crippen LogP contribution in [0.4, 0.5) is 13.2 Å². The Morgan fingerprint density at radius 3 is 2.50 bits per heavy atom. The van der Waals surface area contributed by atoms with E-state index < -0.39 is 18.6 Å². The summed E-state index contributed by atoms with van der Waals surface area (Å²) in [7, 11) is 0. The maximum atomic E-state index is 12.4. The first-order valence-electron chi connectivity index (χ1n) is 5.30. The Hall–Kier alpha value is -1.25. The second-order valence-electron chi connectivity index (χ2n) is 3.87. The quantitative estimate of drug-likeness (QED) is 0.910. The molecule has 0 bridgehead atoms. The normalized spacial score (nSPS) is 14.9. The van der Waals surface area contributed by atoms with E-state index in [0.29, 0.717) is 10.6 Å². The van der Waals surface area contributed by atoms with Crippen LogP contribution in [0.1, 0.15) is 18.5 Å². The molecule has 0 heterocycles. The predicted octanol–water partition coefficient (Wildman–Crippen LogP) is 3.69. The Balaban J connectivity index is 2.65. The van der Waals surface area contributed by atoms with Gasteiger partial charge in [-0.1, -0.05) is 29.8 Å². The van der Waals surface area contributed by atoms with E-state index in [-0.39, 0.29) is 6.04 Å². The first-order chi connectivity index (χ1) is 8.36. The number of rotatable bonds is 4. The average Bonchev–Trinajstić information content (AvgIpc) is 2.28. The van der Waals surface area contributed by atoms with Gasteiger partial charge < -0.3 is 5.32 Å². The van der Waals surface area contributed by atoms with Crippen molar-refractivity contribution in [3.05, 3.63) is 34.9 Å². The third-order valence-corrected chi connectivity index (χ3v) is 2.90. The number of nitrogens with one attached hydrogen (secondary N) is 1. The van der Waals surface area contributed by atoms with Crippen LogP contribution < -0.4 is 5.32 Å². The molecule has 0 amide bonds. The van der Waals surface area contributed by atoms with Crippen molar-refractivity contribution in [3.8, 4) is 6.07 Å². The van der Waals surface area contributed by atoms with Crippen molar-refractivity contribution < 1.29 is 13.2 Å². The zero-order valence-electron chi connectivity index (χ0n) is 9.63. The molecule has 0 aliphatic heterocycles. The fraction of sp³-hybridized carbons (Fsp3) is 0.417. The molecule has 0 radical (unpaired) electrons. The first kappa shape index (κ1) is 14.8. The van der Waals surface area contributed by atoms with Crippen LogP contribution in [-0.4, -0.2) is 12.7 Å². The predicted molar refractivity (Wildman–Crippen MR) is 63.0 cm³/mol. The summed E-state index contributed by atoms with van der Waals surface area (Å²) in [5.74, 6) is -2.01. The van der Waals surface area contributed by atoms with Crippen LogP contribution in [0.3, 0.4) is 0 Å². The van der Waals surface area contributed by atoms with Gasteiger partial charge in [-0.2, -0.15) is 18.4 Å². The van der Waals surface area contributed by atoms with Crippen molar-refractivity contribution >= 4 is 11.6 Å². The Bertz CT molecular complexity index is 440. The third kappa shape index (κ3) is 3.90. The van der Waals surface area contributed by atoms with E-state index in [2.05, 4.69) is 5.32 Å². The number of benzene rings is 1. The molecule has 0 spiro atoms. The molecule has 0 saturated carbocycles. The molecule has 1 rings (SSSR count). The van der Waals surface area contributed by atoms with Crippen molar-refractivity contribution in [2.75, 3.05) is 6.54 Å². The van der Waals surface area contributed by atoms with Gasteiger partial charge in [-0.15, -0.1) is 0 Å². The summed E-state index contributed by atoms with van der Waals surface area (Å²) in [4.78, 5) is 0. The van der Waals surface area contributed by atoms with Crippen molar-refractivity contribution in [2.45, 2.75) is 19.1 Å². The van der Waals surface area contributed by atoms with E-state index in [1.165, 1.54) is 6.07 Å². The molecule has 0 aromatic heterocycles. The summed E-state index contributed by atoms with van der Waals surface area (Å²) in [6, 6.07) is 7.79. The molecule has 0 aliphatic carbocycles. The van der Waals surface area contributed by atoms with Crippen molar-refractivity contribution in [2.24, 2.45) is 5.92 Å². The van der Waals surface area contributed by atoms with Gasteiger partial charge in [0.05, 0.1) is 6.07 Å². The molecule has 1 unspecified atom stereocenters. The topological polar surface area (TPSA) is 35.8 Å². The van der Waals surface area contributed by atoms with E-state index in [1.54, 1.807) is 31.2 Å². The van der Waals surface area contributed by atoms with E-state index in [0.717, 1.165) is 0 Å². The highest BCUT2D eigenvalue weighted by Crippen LogP contribution is 2.27. The summed E-state index contributed by atoms with van der Waals surface area (Å²) >= 11 is 5.93. The van der Waals surface area contributed by atoms with Crippen LogP contribution in [0.15, 0.2) is 24.3 Å². The van der Waals surface area contributed by atoms with Gasteiger partial charge >= 0.3 is 6.18 Å². The second kappa shape index (κ2) is 6.07. The SMILES string of the molecule is C[C@@H](NCC(C#N)C(F)(F)F)c1ccccc1Cl. The molecular weight excluding hydrogens is 265 g/mol. The molecule has 18 heavy (non-hydrogen) atoms. The molecule has 1 N–H and O–H groups in total. The molecule has 98 valence electrons. The highest BCUT2D eigenvalue weighted by atomic mass is 35.5. The molecular formula is C12H12ClF3N2. The van der Waals surface area contributed by atoms with Crippen LogP contribution in [0.2, 0.25) is 5.02 Å². The van der Waals surface area contributed by atoms with Crippen LogP contribution in [0.25, 0.3) is 0 Å². The number of alkyl halides is 3. The zero-order chi connectivity index (χ0) is 13.8. The second-order valence-corrected chi connectivity index (χ2v) is 4.28. The van der Waals surface area contributed by atoms with Crippen LogP contribution in [0.5, 0.6) is 0 Å². The molecule has 6 heteroatoms. The number of hydrogen-bond donors (Lipinski definition) is 1. The molecule has 0 fully saturated rings. The minimum atomic E-state index is -4.51. The maximum Gasteiger partial charge on any atom is 0.405 e. The van der Waals surface area contributed by atoms with Crippen LogP contribution in [-0.2, 0) is 0 Å².